The Morgan fingerprint density at radius 2 is 1.83 bits per heavy atom. The molecule has 2 heterocycles. The molecule has 1 aliphatic heterocycles. The number of H-pyrrole nitrogens is 1. The first kappa shape index (κ1) is 22.3. The van der Waals surface area contributed by atoms with Gasteiger partial charge in [0.15, 0.2) is 0 Å². The summed E-state index contributed by atoms with van der Waals surface area (Å²) in [6, 6.07) is 21.9. The lowest BCUT2D eigenvalue weighted by Gasteiger charge is -2.36. The van der Waals surface area contributed by atoms with Crippen LogP contribution in [-0.2, 0) is 11.2 Å². The molecule has 8 heteroatoms. The van der Waals surface area contributed by atoms with Crippen molar-refractivity contribution in [2.75, 3.05) is 13.1 Å². The molecule has 2 N–H and O–H groups in total. The van der Waals surface area contributed by atoms with Gasteiger partial charge in [-0.25, -0.2) is 0 Å². The van der Waals surface area contributed by atoms with Crippen LogP contribution < -0.4 is 5.32 Å². The van der Waals surface area contributed by atoms with Gasteiger partial charge in [0.1, 0.15) is 0 Å². The van der Waals surface area contributed by atoms with Gasteiger partial charge in [0.05, 0.1) is 17.5 Å². The van der Waals surface area contributed by atoms with Crippen molar-refractivity contribution in [2.45, 2.75) is 19.4 Å². The van der Waals surface area contributed by atoms with Gasteiger partial charge in [0.2, 0.25) is 5.91 Å². The van der Waals surface area contributed by atoms with Gasteiger partial charge in [0.25, 0.3) is 11.6 Å². The summed E-state index contributed by atoms with van der Waals surface area (Å²) in [6.07, 6.45) is 0.701. The van der Waals surface area contributed by atoms with E-state index in [-0.39, 0.29) is 29.7 Å². The highest BCUT2D eigenvalue weighted by Crippen LogP contribution is 2.38. The van der Waals surface area contributed by atoms with Crippen molar-refractivity contribution in [3.8, 4) is 0 Å². The maximum Gasteiger partial charge on any atom is 0.273 e. The molecule has 0 radical (unpaired) electrons. The first-order chi connectivity index (χ1) is 16.9. The number of rotatable bonds is 5. The van der Waals surface area contributed by atoms with E-state index < -0.39 is 10.8 Å². The van der Waals surface area contributed by atoms with Crippen LogP contribution in [0.4, 0.5) is 5.69 Å². The zero-order valence-electron chi connectivity index (χ0n) is 19.2. The Hall–Kier alpha value is -4.46. The molecule has 0 aliphatic carbocycles. The SMILES string of the molecule is Cc1ccc(C(=O)NCC(=O)N2CCc3c([nH]c4ccccc34)C2c2ccccc2)cc1[N+](=O)[O-]. The molecule has 0 fully saturated rings. The van der Waals surface area contributed by atoms with Crippen LogP contribution in [0.2, 0.25) is 0 Å². The largest absolute Gasteiger partial charge is 0.356 e. The fourth-order valence-corrected chi connectivity index (χ4v) is 4.80. The summed E-state index contributed by atoms with van der Waals surface area (Å²) in [5.74, 6) is -0.751. The van der Waals surface area contributed by atoms with Crippen molar-refractivity contribution in [1.82, 2.24) is 15.2 Å². The lowest BCUT2D eigenvalue weighted by molar-refractivity contribution is -0.385. The molecule has 3 aromatic carbocycles. The molecule has 0 bridgehead atoms. The number of nitrogens with zero attached hydrogens (tertiary/aromatic N) is 2. The molecule has 176 valence electrons. The number of amides is 2. The number of aryl methyl sites for hydroxylation is 1. The Balaban J connectivity index is 1.40. The van der Waals surface area contributed by atoms with E-state index in [0.29, 0.717) is 18.5 Å². The summed E-state index contributed by atoms with van der Waals surface area (Å²) in [5, 5.41) is 15.0. The number of nitrogens with one attached hydrogen (secondary N) is 2. The van der Waals surface area contributed by atoms with Gasteiger partial charge in [-0.3, -0.25) is 19.7 Å². The molecule has 1 aliphatic rings. The van der Waals surface area contributed by atoms with E-state index >= 15 is 0 Å². The highest BCUT2D eigenvalue weighted by molar-refractivity contribution is 5.97. The van der Waals surface area contributed by atoms with Crippen LogP contribution in [-0.4, -0.2) is 39.7 Å². The van der Waals surface area contributed by atoms with E-state index in [4.69, 9.17) is 0 Å². The number of aromatic amines is 1. The summed E-state index contributed by atoms with van der Waals surface area (Å²) in [4.78, 5) is 42.0. The zero-order valence-corrected chi connectivity index (χ0v) is 19.2. The smallest absolute Gasteiger partial charge is 0.273 e. The van der Waals surface area contributed by atoms with E-state index in [1.54, 1.807) is 11.8 Å². The summed E-state index contributed by atoms with van der Waals surface area (Å²) in [6.45, 7) is 1.92. The van der Waals surface area contributed by atoms with E-state index in [1.807, 2.05) is 48.5 Å². The summed E-state index contributed by atoms with van der Waals surface area (Å²) in [5.41, 5.74) is 4.68. The molecule has 8 nitrogen and oxygen atoms in total. The van der Waals surface area contributed by atoms with Crippen LogP contribution >= 0.6 is 0 Å². The highest BCUT2D eigenvalue weighted by Gasteiger charge is 2.34. The molecule has 4 aromatic rings. The second-order valence-corrected chi connectivity index (χ2v) is 8.65. The Kier molecular flexibility index (Phi) is 5.78. The predicted molar refractivity (Wildman–Crippen MR) is 132 cm³/mol. The molecule has 2 amide bonds. The molecule has 0 saturated heterocycles. The minimum Gasteiger partial charge on any atom is -0.356 e. The third kappa shape index (κ3) is 4.14. The number of benzene rings is 3. The maximum absolute atomic E-state index is 13.4. The third-order valence-corrected chi connectivity index (χ3v) is 6.54. The van der Waals surface area contributed by atoms with Crippen molar-refractivity contribution < 1.29 is 14.5 Å². The third-order valence-electron chi connectivity index (χ3n) is 6.54. The van der Waals surface area contributed by atoms with Gasteiger partial charge >= 0.3 is 0 Å². The summed E-state index contributed by atoms with van der Waals surface area (Å²) < 4.78 is 0. The topological polar surface area (TPSA) is 108 Å². The normalized spacial score (nSPS) is 15.0. The Morgan fingerprint density at radius 1 is 1.09 bits per heavy atom. The van der Waals surface area contributed by atoms with Crippen molar-refractivity contribution in [1.29, 1.82) is 0 Å². The molecule has 35 heavy (non-hydrogen) atoms. The van der Waals surface area contributed by atoms with Crippen LogP contribution in [0.5, 0.6) is 0 Å². The minimum atomic E-state index is -0.527. The summed E-state index contributed by atoms with van der Waals surface area (Å²) >= 11 is 0. The van der Waals surface area contributed by atoms with Gasteiger partial charge < -0.3 is 15.2 Å². The number of carbonyl (C=O) groups excluding carboxylic acids is 2. The molecule has 1 unspecified atom stereocenters. The Labute approximate surface area is 201 Å². The van der Waals surface area contributed by atoms with Gasteiger partial charge in [0, 0.05) is 40.3 Å². The number of nitro groups is 1. The van der Waals surface area contributed by atoms with Crippen molar-refractivity contribution >= 4 is 28.4 Å². The monoisotopic (exact) mass is 468 g/mol. The quantitative estimate of drug-likeness (QED) is 0.336. The van der Waals surface area contributed by atoms with E-state index in [2.05, 4.69) is 16.4 Å². The lowest BCUT2D eigenvalue weighted by Crippen LogP contribution is -2.45. The van der Waals surface area contributed by atoms with Crippen LogP contribution in [0.3, 0.4) is 0 Å². The van der Waals surface area contributed by atoms with Gasteiger partial charge in [-0.15, -0.1) is 0 Å². The van der Waals surface area contributed by atoms with Crippen LogP contribution in [0, 0.1) is 17.0 Å². The van der Waals surface area contributed by atoms with Gasteiger partial charge in [-0.05, 0) is 36.6 Å². The molecule has 1 aromatic heterocycles. The van der Waals surface area contributed by atoms with E-state index in [0.717, 1.165) is 22.2 Å². The van der Waals surface area contributed by atoms with Crippen LogP contribution in [0.15, 0.2) is 72.8 Å². The number of fused-ring (bicyclic) bond motifs is 3. The average Bonchev–Trinajstić information content (AvgIpc) is 3.26. The van der Waals surface area contributed by atoms with Gasteiger partial charge in [-0.2, -0.15) is 0 Å². The molecule has 1 atom stereocenters. The molecule has 0 spiro atoms. The van der Waals surface area contributed by atoms with Crippen molar-refractivity contribution in [3.05, 3.63) is 111 Å². The van der Waals surface area contributed by atoms with E-state index in [1.165, 1.54) is 23.8 Å². The summed E-state index contributed by atoms with van der Waals surface area (Å²) in [7, 11) is 0. The molecule has 5 rings (SSSR count). The van der Waals surface area contributed by atoms with Crippen LogP contribution in [0.1, 0.15) is 38.8 Å². The fourth-order valence-electron chi connectivity index (χ4n) is 4.80. The highest BCUT2D eigenvalue weighted by atomic mass is 16.6. The zero-order chi connectivity index (χ0) is 24.5. The first-order valence-corrected chi connectivity index (χ1v) is 11.4. The number of hydrogen-bond donors (Lipinski definition) is 2. The van der Waals surface area contributed by atoms with Crippen molar-refractivity contribution in [2.24, 2.45) is 0 Å². The average molecular weight is 469 g/mol. The number of para-hydroxylation sites is 1. The Morgan fingerprint density at radius 3 is 2.60 bits per heavy atom. The van der Waals surface area contributed by atoms with Crippen molar-refractivity contribution in [3.63, 3.8) is 0 Å². The lowest BCUT2D eigenvalue weighted by atomic mass is 9.92. The first-order valence-electron chi connectivity index (χ1n) is 11.4. The number of nitro benzene ring substituents is 1. The second kappa shape index (κ2) is 9.06. The molecular formula is C27H24N4O4. The van der Waals surface area contributed by atoms with Crippen LogP contribution in [0.25, 0.3) is 10.9 Å². The Bertz CT molecular complexity index is 1440. The maximum atomic E-state index is 13.4. The fraction of sp³-hybridized carbons (Fsp3) is 0.185. The number of aromatic nitrogens is 1. The van der Waals surface area contributed by atoms with Gasteiger partial charge in [-0.1, -0.05) is 54.6 Å². The second-order valence-electron chi connectivity index (χ2n) is 8.65. The number of carbonyl (C=O) groups is 2. The molecular weight excluding hydrogens is 444 g/mol. The standard InChI is InChI=1S/C27H24N4O4/c1-17-11-12-19(15-23(17)31(34)35)27(33)28-16-24(32)30-14-13-21-20-9-5-6-10-22(20)29-25(21)26(30)18-7-3-2-4-8-18/h2-12,15,26,29H,13-14,16H2,1H3,(H,28,33). The van der Waals surface area contributed by atoms with E-state index in [9.17, 15) is 19.7 Å². The number of hydrogen-bond acceptors (Lipinski definition) is 4. The minimum absolute atomic E-state index is 0.129. The molecule has 0 saturated carbocycles. The predicted octanol–water partition coefficient (Wildman–Crippen LogP) is 4.29.